The molecule has 4 aromatic carbocycles. The number of hydrazine groups is 2. The minimum atomic E-state index is -2.32. The van der Waals surface area contributed by atoms with Gasteiger partial charge in [-0.3, -0.25) is 53.4 Å². The number of nitrogens with two attached hydrogens (primary N) is 2. The van der Waals surface area contributed by atoms with Crippen LogP contribution >= 0.6 is 0 Å². The molecule has 0 spiro atoms. The molecule has 1 aliphatic heterocycles. The maximum Gasteiger partial charge on any atom is 0.305 e. The van der Waals surface area contributed by atoms with Gasteiger partial charge in [0.15, 0.2) is 0 Å². The molecule has 5 rings (SSSR count). The Bertz CT molecular complexity index is 3540. The Labute approximate surface area is 564 Å². The number of ether oxygens (including phenoxy) is 1. The third-order valence-electron chi connectivity index (χ3n) is 15.7. The number of halogens is 1. The highest BCUT2D eigenvalue weighted by molar-refractivity contribution is 6.00. The fourth-order valence-electron chi connectivity index (χ4n) is 10.5. The summed E-state index contributed by atoms with van der Waals surface area (Å²) in [6.07, 6.45) is -2.73. The largest absolute Gasteiger partial charge is 0.494 e. The lowest BCUT2D eigenvalue weighted by molar-refractivity contribution is -0.142. The van der Waals surface area contributed by atoms with Gasteiger partial charge in [0.1, 0.15) is 59.2 Å². The number of azide groups is 1. The molecular weight excluding hydrogens is 1280 g/mol. The van der Waals surface area contributed by atoms with E-state index in [9.17, 15) is 68.4 Å². The number of hydrogen-bond acceptors (Lipinski definition) is 20. The first-order valence-electron chi connectivity index (χ1n) is 31.7. The van der Waals surface area contributed by atoms with E-state index in [1.807, 2.05) is 57.2 Å². The van der Waals surface area contributed by atoms with Gasteiger partial charge in [0.2, 0.25) is 53.2 Å². The molecule has 1 aliphatic rings. The van der Waals surface area contributed by atoms with Crippen LogP contribution in [-0.4, -0.2) is 172 Å². The van der Waals surface area contributed by atoms with E-state index in [1.165, 1.54) is 18.2 Å². The molecule has 4 aromatic rings. The SMILES string of the molecule is CCc1cc(OCCCCN=[N+]=[N-])ccc1-c1ccc(C[C@H](NC(=O)[C@H](CC(=O)O)NC(=O)[C@H](CO)NC(=O)[C@@H](NC(=O)[C@](C)(Cc2ccccc2F)NC(=O)[C@@H](NC(=O)CNC(=O)[C@@H](N)CC2=NNNN2)[C@@H](C)O)[C@@H](C)O)C(=O)N[C@@H](CCCc2cc(C)cc(C)c2)C(N)=O)cc1. The highest BCUT2D eigenvalue weighted by atomic mass is 19.1. The quantitative estimate of drug-likeness (QED) is 0.0112. The molecule has 98 heavy (non-hydrogen) atoms. The minimum absolute atomic E-state index is 0.0789. The second kappa shape index (κ2) is 38.4. The molecule has 530 valence electrons. The van der Waals surface area contributed by atoms with E-state index in [4.69, 9.17) is 21.7 Å². The van der Waals surface area contributed by atoms with Crippen molar-refractivity contribution < 1.29 is 77.5 Å². The zero-order valence-corrected chi connectivity index (χ0v) is 55.3. The molecule has 0 saturated heterocycles. The number of carbonyl (C=O) groups excluding carboxylic acids is 9. The Hall–Kier alpha value is -10.3. The van der Waals surface area contributed by atoms with Crippen molar-refractivity contribution in [1.82, 2.24) is 59.0 Å². The summed E-state index contributed by atoms with van der Waals surface area (Å²) in [6.45, 7) is 7.88. The number of hydrazone groups is 1. The number of aryl methyl sites for hydroxylation is 4. The Balaban J connectivity index is 1.35. The van der Waals surface area contributed by atoms with Crippen LogP contribution < -0.4 is 75.2 Å². The fourth-order valence-corrected chi connectivity index (χ4v) is 10.5. The van der Waals surface area contributed by atoms with Gasteiger partial charge in [-0.2, -0.15) is 0 Å². The van der Waals surface area contributed by atoms with Gasteiger partial charge in [0.05, 0.1) is 44.4 Å². The number of aliphatic hydroxyl groups is 3. The second-order valence-electron chi connectivity index (χ2n) is 23.9. The Morgan fingerprint density at radius 2 is 1.37 bits per heavy atom. The Morgan fingerprint density at radius 3 is 1.98 bits per heavy atom. The summed E-state index contributed by atoms with van der Waals surface area (Å²) in [6, 6.07) is 11.6. The van der Waals surface area contributed by atoms with Crippen LogP contribution in [0.25, 0.3) is 21.6 Å². The highest BCUT2D eigenvalue weighted by Gasteiger charge is 2.42. The van der Waals surface area contributed by atoms with Crippen molar-refractivity contribution in [3.8, 4) is 16.9 Å². The van der Waals surface area contributed by atoms with Crippen molar-refractivity contribution in [1.29, 1.82) is 0 Å². The summed E-state index contributed by atoms with van der Waals surface area (Å²) in [4.78, 5) is 139. The van der Waals surface area contributed by atoms with Gasteiger partial charge < -0.3 is 79.2 Å². The first-order chi connectivity index (χ1) is 46.5. The van der Waals surface area contributed by atoms with E-state index in [0.29, 0.717) is 56.6 Å². The van der Waals surface area contributed by atoms with E-state index in [0.717, 1.165) is 60.2 Å². The second-order valence-corrected chi connectivity index (χ2v) is 23.9. The van der Waals surface area contributed by atoms with E-state index < -0.39 is 151 Å². The molecule has 1 heterocycles. The molecule has 32 nitrogen and oxygen atoms in total. The zero-order valence-electron chi connectivity index (χ0n) is 55.3. The van der Waals surface area contributed by atoms with E-state index in [-0.39, 0.29) is 30.7 Å². The highest BCUT2D eigenvalue weighted by Crippen LogP contribution is 2.29. The third kappa shape index (κ3) is 24.7. The smallest absolute Gasteiger partial charge is 0.305 e. The van der Waals surface area contributed by atoms with Gasteiger partial charge >= 0.3 is 5.97 Å². The number of benzene rings is 4. The van der Waals surface area contributed by atoms with Gasteiger partial charge in [-0.05, 0) is 130 Å². The number of aliphatic carboxylic acids is 1. The number of unbranched alkanes of at least 4 members (excludes halogenated alkanes) is 1. The lowest BCUT2D eigenvalue weighted by atomic mass is 9.90. The molecular formula is C65H88FN17O15. The van der Waals surface area contributed by atoms with Crippen LogP contribution in [0.1, 0.15) is 99.6 Å². The van der Waals surface area contributed by atoms with Crippen LogP contribution in [0.2, 0.25) is 0 Å². The third-order valence-corrected chi connectivity index (χ3v) is 15.7. The van der Waals surface area contributed by atoms with Crippen LogP contribution in [0.15, 0.2) is 95.1 Å². The Kier molecular flexibility index (Phi) is 30.7. The number of nitrogens with zero attached hydrogens (tertiary/aromatic N) is 4. The number of rotatable bonds is 40. The standard InChI is InChI=1S/C65H88FN17O15/c1-7-41-29-44(98-24-11-10-23-71-81-69)21-22-45(41)42-19-17-39(18-20-42)28-49(59(92)72-48(57(68)90)16-12-13-40-26-35(2)25-36(3)27-40)73-60(93)50(31-54(88)89)74-61(94)51(34-84)75-62(95)55(37(4)85)77-64(97)65(6,32-43-14-8-9-15-46(43)66)78-63(96)56(38(5)86)76-53(87)33-70-58(91)47(67)30-52-79-82-83-80-52/h8-9,14-15,17-22,25-27,29,37-38,47-51,55-56,82-86H,7,10-13,16,23-24,28,30-34,67H2,1-6H3,(H2,68,90)(H,70,91)(H,72,92)(H,73,93)(H,74,94)(H,75,95)(H,76,87)(H,77,97)(H,78,96)(H,79,80)(H,88,89)/t37-,38-,47+,48+,49+,50+,51+,55+,56+,65+/m1/s1. The summed E-state index contributed by atoms with van der Waals surface area (Å²) in [5.41, 5.74) is 31.4. The van der Waals surface area contributed by atoms with Crippen LogP contribution in [0, 0.1) is 19.7 Å². The summed E-state index contributed by atoms with van der Waals surface area (Å²) in [5, 5.41) is 68.2. The average molecular weight is 1370 g/mol. The number of amidine groups is 1. The summed E-state index contributed by atoms with van der Waals surface area (Å²) in [5.74, 6) is -11.7. The number of aliphatic hydroxyl groups excluding tert-OH is 3. The van der Waals surface area contributed by atoms with Crippen molar-refractivity contribution in [3.05, 3.63) is 135 Å². The van der Waals surface area contributed by atoms with Crippen LogP contribution in [0.4, 0.5) is 4.39 Å². The van der Waals surface area contributed by atoms with Gasteiger partial charge in [-0.15, -0.1) is 10.6 Å². The van der Waals surface area contributed by atoms with Crippen LogP contribution in [0.3, 0.4) is 0 Å². The molecule has 9 amide bonds. The first kappa shape index (κ1) is 78.4. The number of primary amides is 1. The molecule has 19 N–H and O–H groups in total. The number of amides is 9. The van der Waals surface area contributed by atoms with E-state index in [2.05, 4.69) is 74.2 Å². The Morgan fingerprint density at radius 1 is 0.735 bits per heavy atom. The normalized spacial score (nSPS) is 15.0. The molecule has 0 bridgehead atoms. The van der Waals surface area contributed by atoms with E-state index >= 15 is 4.39 Å². The lowest BCUT2D eigenvalue weighted by Gasteiger charge is -2.34. The number of carboxylic acids is 1. The van der Waals surface area contributed by atoms with Crippen molar-refractivity contribution in [3.63, 3.8) is 0 Å². The summed E-state index contributed by atoms with van der Waals surface area (Å²) < 4.78 is 21.3. The predicted molar refractivity (Wildman–Crippen MR) is 355 cm³/mol. The van der Waals surface area contributed by atoms with Crippen molar-refractivity contribution in [2.45, 2.75) is 166 Å². The molecule has 0 saturated carbocycles. The number of nitrogens with one attached hydrogen (secondary N) is 11. The predicted octanol–water partition coefficient (Wildman–Crippen LogP) is -0.794. The number of carbonyl (C=O) groups is 10. The summed E-state index contributed by atoms with van der Waals surface area (Å²) >= 11 is 0. The topological polar surface area (TPSA) is 506 Å². The molecule has 0 aliphatic carbocycles. The number of carboxylic acid groups (broad SMARTS) is 1. The van der Waals surface area contributed by atoms with E-state index in [1.54, 1.807) is 24.3 Å². The lowest BCUT2D eigenvalue weighted by Crippen LogP contribution is -2.67. The number of hydrogen-bond donors (Lipinski definition) is 17. The van der Waals surface area contributed by atoms with Gasteiger partial charge in [0, 0.05) is 30.7 Å². The van der Waals surface area contributed by atoms with Crippen LogP contribution in [0.5, 0.6) is 5.75 Å². The van der Waals surface area contributed by atoms with Gasteiger partial charge in [0.25, 0.3) is 0 Å². The molecule has 0 radical (unpaired) electrons. The minimum Gasteiger partial charge on any atom is -0.494 e. The zero-order chi connectivity index (χ0) is 72.2. The maximum absolute atomic E-state index is 15.3. The van der Waals surface area contributed by atoms with Crippen molar-refractivity contribution in [2.24, 2.45) is 21.7 Å². The first-order valence-corrected chi connectivity index (χ1v) is 31.7. The fraction of sp³-hybridized carbons (Fsp3) is 0.462. The molecule has 0 fully saturated rings. The van der Waals surface area contributed by atoms with Crippen molar-refractivity contribution >= 4 is 65.0 Å². The summed E-state index contributed by atoms with van der Waals surface area (Å²) in [7, 11) is 0. The molecule has 33 heteroatoms. The van der Waals surface area contributed by atoms with Crippen LogP contribution in [-0.2, 0) is 73.6 Å². The molecule has 0 aromatic heterocycles. The molecule has 10 atom stereocenters. The van der Waals surface area contributed by atoms with Crippen molar-refractivity contribution in [2.75, 3.05) is 26.3 Å². The monoisotopic (exact) mass is 1370 g/mol. The van der Waals surface area contributed by atoms with Gasteiger partial charge in [-0.1, -0.05) is 89.9 Å². The maximum atomic E-state index is 15.3. The van der Waals surface area contributed by atoms with Gasteiger partial charge in [-0.25, -0.2) is 9.93 Å². The molecule has 0 unspecified atom stereocenters. The average Bonchev–Trinajstić information content (AvgIpc) is 0.840.